The van der Waals surface area contributed by atoms with Crippen LogP contribution in [0, 0.1) is 0 Å². The lowest BCUT2D eigenvalue weighted by molar-refractivity contribution is -0.133. The number of hydrogen-bond acceptors (Lipinski definition) is 3. The van der Waals surface area contributed by atoms with Crippen molar-refractivity contribution in [2.45, 2.75) is 31.2 Å². The first-order valence-corrected chi connectivity index (χ1v) is 7.70. The first kappa shape index (κ1) is 16.1. The molecule has 0 radical (unpaired) electrons. The van der Waals surface area contributed by atoms with Gasteiger partial charge in [-0.15, -0.1) is 0 Å². The Morgan fingerprint density at radius 2 is 2.10 bits per heavy atom. The van der Waals surface area contributed by atoms with E-state index in [4.69, 9.17) is 27.9 Å². The van der Waals surface area contributed by atoms with Gasteiger partial charge in [-0.05, 0) is 25.3 Å². The number of carbonyl (C=O) groups excluding carboxylic acids is 2. The second kappa shape index (κ2) is 6.67. The largest absolute Gasteiger partial charge is 0.433 e. The van der Waals surface area contributed by atoms with Gasteiger partial charge in [-0.2, -0.15) is 0 Å². The van der Waals surface area contributed by atoms with Gasteiger partial charge in [0.05, 0.1) is 0 Å². The van der Waals surface area contributed by atoms with Gasteiger partial charge in [0.15, 0.2) is 11.8 Å². The van der Waals surface area contributed by atoms with Crippen LogP contribution in [0.5, 0.6) is 0 Å². The molecule has 0 aromatic heterocycles. The highest BCUT2D eigenvalue weighted by Crippen LogP contribution is 2.42. The summed E-state index contributed by atoms with van der Waals surface area (Å²) in [4.78, 5) is 26.1. The summed E-state index contributed by atoms with van der Waals surface area (Å²) in [6, 6.07) is 6.86. The second-order valence-corrected chi connectivity index (χ2v) is 5.67. The van der Waals surface area contributed by atoms with Gasteiger partial charge >= 0.3 is 6.09 Å². The Morgan fingerprint density at radius 1 is 1.38 bits per heavy atom. The van der Waals surface area contributed by atoms with E-state index in [1.165, 1.54) is 4.90 Å². The summed E-state index contributed by atoms with van der Waals surface area (Å²) in [7, 11) is 1.56. The average Bonchev–Trinajstić information content (AvgIpc) is 2.48. The highest BCUT2D eigenvalue weighted by Gasteiger charge is 2.48. The lowest BCUT2D eigenvalue weighted by atomic mass is 9.74. The van der Waals surface area contributed by atoms with Crippen molar-refractivity contribution in [1.29, 1.82) is 0 Å². The molecule has 0 bridgehead atoms. The summed E-state index contributed by atoms with van der Waals surface area (Å²) in [5.41, 5.74) is -0.426. The summed E-state index contributed by atoms with van der Waals surface area (Å²) >= 11 is 11.7. The van der Waals surface area contributed by atoms with E-state index in [0.717, 1.165) is 12.8 Å². The number of alkyl halides is 1. The Kier molecular flexibility index (Phi) is 5.12. The van der Waals surface area contributed by atoms with Gasteiger partial charge in [0.1, 0.15) is 5.54 Å². The van der Waals surface area contributed by atoms with E-state index in [0.29, 0.717) is 23.4 Å². The Balaban J connectivity index is 2.52. The van der Waals surface area contributed by atoms with Crippen LogP contribution in [0.3, 0.4) is 0 Å². The normalized spacial score (nSPS) is 22.0. The van der Waals surface area contributed by atoms with Crippen LogP contribution >= 0.6 is 23.2 Å². The predicted molar refractivity (Wildman–Crippen MR) is 81.6 cm³/mol. The third kappa shape index (κ3) is 2.87. The number of halogens is 2. The zero-order chi connectivity index (χ0) is 15.5. The van der Waals surface area contributed by atoms with Crippen molar-refractivity contribution < 1.29 is 14.3 Å². The maximum atomic E-state index is 12.7. The standard InChI is InChI=1S/C15H17Cl2NO3/c1-18(14(20)21-10-16)15(9-5-4-8-13(15)19)11-6-2-3-7-12(11)17/h2-3,6-7H,4-5,8-10H2,1H3/t15-/m0/s1. The molecule has 4 nitrogen and oxygen atoms in total. The van der Waals surface area contributed by atoms with Crippen molar-refractivity contribution in [1.82, 2.24) is 4.90 Å². The number of ketones is 1. The lowest BCUT2D eigenvalue weighted by Crippen LogP contribution is -2.54. The fourth-order valence-electron chi connectivity index (χ4n) is 2.93. The minimum absolute atomic E-state index is 0.0177. The Morgan fingerprint density at radius 3 is 2.71 bits per heavy atom. The number of Topliss-reactive ketones (excluding diaryl/α,β-unsaturated/α-hetero) is 1. The molecule has 1 aliphatic rings. The van der Waals surface area contributed by atoms with Crippen molar-refractivity contribution in [3.8, 4) is 0 Å². The Bertz CT molecular complexity index is 549. The molecular formula is C15H17Cl2NO3. The summed E-state index contributed by atoms with van der Waals surface area (Å²) < 4.78 is 4.85. The number of carbonyl (C=O) groups is 2. The van der Waals surface area contributed by atoms with Gasteiger partial charge in [0.25, 0.3) is 0 Å². The topological polar surface area (TPSA) is 46.6 Å². The van der Waals surface area contributed by atoms with Gasteiger partial charge in [-0.1, -0.05) is 41.4 Å². The average molecular weight is 330 g/mol. The van der Waals surface area contributed by atoms with Crippen molar-refractivity contribution in [3.63, 3.8) is 0 Å². The van der Waals surface area contributed by atoms with E-state index in [-0.39, 0.29) is 11.8 Å². The van der Waals surface area contributed by atoms with Crippen LogP contribution in [0.1, 0.15) is 31.2 Å². The van der Waals surface area contributed by atoms with Crippen LogP contribution in [-0.4, -0.2) is 29.9 Å². The van der Waals surface area contributed by atoms with Gasteiger partial charge in [0, 0.05) is 24.1 Å². The van der Waals surface area contributed by atoms with Crippen LogP contribution < -0.4 is 0 Å². The molecule has 1 fully saturated rings. The minimum atomic E-state index is -1.07. The first-order valence-electron chi connectivity index (χ1n) is 6.79. The van der Waals surface area contributed by atoms with Crippen molar-refractivity contribution in [2.24, 2.45) is 0 Å². The molecule has 0 aliphatic heterocycles. The van der Waals surface area contributed by atoms with Crippen LogP contribution in [0.15, 0.2) is 24.3 Å². The number of hydrogen-bond donors (Lipinski definition) is 0. The molecule has 0 unspecified atom stereocenters. The monoisotopic (exact) mass is 329 g/mol. The lowest BCUT2D eigenvalue weighted by Gasteiger charge is -2.43. The molecule has 1 aliphatic carbocycles. The number of likely N-dealkylation sites (N-methyl/N-ethyl adjacent to an activating group) is 1. The van der Waals surface area contributed by atoms with Crippen molar-refractivity contribution >= 4 is 35.1 Å². The van der Waals surface area contributed by atoms with Gasteiger partial charge in [0.2, 0.25) is 0 Å². The molecule has 0 spiro atoms. The molecule has 1 aromatic carbocycles. The van der Waals surface area contributed by atoms with Crippen LogP contribution in [0.2, 0.25) is 5.02 Å². The van der Waals surface area contributed by atoms with E-state index in [1.54, 1.807) is 25.2 Å². The van der Waals surface area contributed by atoms with Crippen molar-refractivity contribution in [3.05, 3.63) is 34.9 Å². The van der Waals surface area contributed by atoms with Gasteiger partial charge < -0.3 is 4.74 Å². The molecule has 1 amide bonds. The fraction of sp³-hybridized carbons (Fsp3) is 0.467. The summed E-state index contributed by atoms with van der Waals surface area (Å²) in [6.07, 6.45) is 1.99. The summed E-state index contributed by atoms with van der Waals surface area (Å²) in [6.45, 7) is 0. The minimum Gasteiger partial charge on any atom is -0.433 e. The molecule has 2 rings (SSSR count). The van der Waals surface area contributed by atoms with E-state index < -0.39 is 11.6 Å². The highest BCUT2D eigenvalue weighted by atomic mass is 35.5. The van der Waals surface area contributed by atoms with Crippen LogP contribution in [0.4, 0.5) is 4.79 Å². The van der Waals surface area contributed by atoms with E-state index >= 15 is 0 Å². The molecule has 0 N–H and O–H groups in total. The summed E-state index contributed by atoms with van der Waals surface area (Å²) in [5.74, 6) is -0.0177. The predicted octanol–water partition coefficient (Wildman–Crippen LogP) is 3.94. The molecule has 6 heteroatoms. The smallest absolute Gasteiger partial charge is 0.411 e. The molecule has 0 heterocycles. The van der Waals surface area contributed by atoms with Crippen molar-refractivity contribution in [2.75, 3.05) is 13.1 Å². The molecule has 0 saturated heterocycles. The molecule has 114 valence electrons. The summed E-state index contributed by atoms with van der Waals surface area (Å²) in [5, 5.41) is 0.471. The number of nitrogens with zero attached hydrogens (tertiary/aromatic N) is 1. The van der Waals surface area contributed by atoms with Gasteiger partial charge in [-0.25, -0.2) is 4.79 Å². The zero-order valence-corrected chi connectivity index (χ0v) is 13.3. The van der Waals surface area contributed by atoms with E-state index in [1.807, 2.05) is 6.07 Å². The van der Waals surface area contributed by atoms with Gasteiger partial charge in [-0.3, -0.25) is 9.69 Å². The maximum Gasteiger partial charge on any atom is 0.411 e. The number of ether oxygens (including phenoxy) is 1. The molecule has 1 aromatic rings. The molecule has 21 heavy (non-hydrogen) atoms. The third-order valence-corrected chi connectivity index (χ3v) is 4.44. The molecule has 1 saturated carbocycles. The highest BCUT2D eigenvalue weighted by molar-refractivity contribution is 6.31. The van der Waals surface area contributed by atoms with E-state index in [2.05, 4.69) is 0 Å². The van der Waals surface area contributed by atoms with Crippen LogP contribution in [-0.2, 0) is 15.1 Å². The number of amides is 1. The SMILES string of the molecule is CN(C(=O)OCCl)[C@]1(c2ccccc2Cl)CCCCC1=O. The zero-order valence-electron chi connectivity index (χ0n) is 11.8. The van der Waals surface area contributed by atoms with Crippen LogP contribution in [0.25, 0.3) is 0 Å². The fourth-order valence-corrected chi connectivity index (χ4v) is 3.31. The second-order valence-electron chi connectivity index (χ2n) is 5.05. The molecule has 1 atom stereocenters. The Hall–Kier alpha value is -1.26. The number of benzene rings is 1. The Labute approximate surface area is 134 Å². The maximum absolute atomic E-state index is 12.7. The molecular weight excluding hydrogens is 313 g/mol. The quantitative estimate of drug-likeness (QED) is 0.789. The number of rotatable bonds is 3. The first-order chi connectivity index (χ1) is 10.0. The third-order valence-electron chi connectivity index (χ3n) is 4.00. The van der Waals surface area contributed by atoms with E-state index in [9.17, 15) is 9.59 Å².